The predicted molar refractivity (Wildman–Crippen MR) is 144 cm³/mol. The summed E-state index contributed by atoms with van der Waals surface area (Å²) in [7, 11) is 2.19. The standard InChI is InChI=1S/C28H31ClN6/c1-33-14-16-34(17-15-33)26-18-21(8-13-32-26)28-27(20-6-10-30-11-7-20)24-9-12-31-19-25(24)35(28)23-4-2-22(29)3-5-23/h2-5,8-9,12-13,18-20,30H,6-7,10-11,14-17H2,1H3. The Kier molecular flexibility index (Phi) is 6.19. The topological polar surface area (TPSA) is 49.2 Å². The number of piperazine rings is 1. The first-order valence-corrected chi connectivity index (χ1v) is 12.9. The van der Waals surface area contributed by atoms with Crippen molar-refractivity contribution in [3.63, 3.8) is 0 Å². The molecule has 0 bridgehead atoms. The molecule has 0 atom stereocenters. The monoisotopic (exact) mass is 486 g/mol. The lowest BCUT2D eigenvalue weighted by molar-refractivity contribution is 0.312. The highest BCUT2D eigenvalue weighted by molar-refractivity contribution is 6.30. The van der Waals surface area contributed by atoms with Crippen LogP contribution in [0.25, 0.3) is 27.8 Å². The molecule has 0 spiro atoms. The number of piperidine rings is 1. The highest BCUT2D eigenvalue weighted by Crippen LogP contribution is 2.43. The summed E-state index contributed by atoms with van der Waals surface area (Å²) in [6, 6.07) is 14.8. The van der Waals surface area contributed by atoms with Crippen LogP contribution in [-0.2, 0) is 0 Å². The summed E-state index contributed by atoms with van der Waals surface area (Å²) in [6.45, 7) is 6.21. The second-order valence-corrected chi connectivity index (χ2v) is 10.1. The molecule has 2 aliphatic rings. The molecule has 4 aromatic rings. The Bertz CT molecular complexity index is 1320. The number of halogens is 1. The molecule has 0 amide bonds. The number of likely N-dealkylation sites (N-methyl/N-ethyl adjacent to an activating group) is 1. The highest BCUT2D eigenvalue weighted by Gasteiger charge is 2.27. The van der Waals surface area contributed by atoms with E-state index in [0.717, 1.165) is 74.2 Å². The van der Waals surface area contributed by atoms with Crippen molar-refractivity contribution in [3.8, 4) is 16.9 Å². The van der Waals surface area contributed by atoms with Crippen LogP contribution in [0.3, 0.4) is 0 Å². The lowest BCUT2D eigenvalue weighted by Crippen LogP contribution is -2.44. The van der Waals surface area contributed by atoms with E-state index in [1.165, 1.54) is 22.2 Å². The molecule has 1 N–H and O–H groups in total. The van der Waals surface area contributed by atoms with Crippen LogP contribution in [0, 0.1) is 0 Å². The SMILES string of the molecule is CN1CCN(c2cc(-c3c(C4CCNCC4)c4ccncc4n3-c3ccc(Cl)cc3)ccn2)CC1. The number of hydrogen-bond donors (Lipinski definition) is 1. The van der Waals surface area contributed by atoms with Gasteiger partial charge in [-0.2, -0.15) is 0 Å². The lowest BCUT2D eigenvalue weighted by atomic mass is 9.87. The van der Waals surface area contributed by atoms with Crippen LogP contribution < -0.4 is 10.2 Å². The van der Waals surface area contributed by atoms with Gasteiger partial charge < -0.3 is 19.7 Å². The van der Waals surface area contributed by atoms with E-state index in [1.54, 1.807) is 0 Å². The second-order valence-electron chi connectivity index (χ2n) is 9.68. The van der Waals surface area contributed by atoms with Crippen molar-refractivity contribution in [2.24, 2.45) is 0 Å². The average Bonchev–Trinajstić information content (AvgIpc) is 3.25. The Balaban J connectivity index is 1.57. The third-order valence-corrected chi connectivity index (χ3v) is 7.74. The Morgan fingerprint density at radius 1 is 0.943 bits per heavy atom. The normalized spacial score (nSPS) is 17.8. The van der Waals surface area contributed by atoms with E-state index in [1.807, 2.05) is 30.7 Å². The van der Waals surface area contributed by atoms with Crippen LogP contribution in [0.15, 0.2) is 61.1 Å². The molecule has 0 unspecified atom stereocenters. The van der Waals surface area contributed by atoms with E-state index in [-0.39, 0.29) is 0 Å². The van der Waals surface area contributed by atoms with E-state index in [2.05, 4.69) is 62.0 Å². The summed E-state index contributed by atoms with van der Waals surface area (Å²) < 4.78 is 2.37. The van der Waals surface area contributed by atoms with E-state index < -0.39 is 0 Å². The maximum Gasteiger partial charge on any atom is 0.129 e. The molecule has 1 aromatic carbocycles. The Morgan fingerprint density at radius 2 is 1.71 bits per heavy atom. The van der Waals surface area contributed by atoms with Gasteiger partial charge in [-0.1, -0.05) is 11.6 Å². The lowest BCUT2D eigenvalue weighted by Gasteiger charge is -2.33. The van der Waals surface area contributed by atoms with Crippen LogP contribution in [0.5, 0.6) is 0 Å². The predicted octanol–water partition coefficient (Wildman–Crippen LogP) is 4.96. The fraction of sp³-hybridized carbons (Fsp3) is 0.357. The third kappa shape index (κ3) is 4.31. The summed E-state index contributed by atoms with van der Waals surface area (Å²) in [5, 5.41) is 5.57. The number of nitrogens with one attached hydrogen (secondary N) is 1. The fourth-order valence-corrected chi connectivity index (χ4v) is 5.73. The van der Waals surface area contributed by atoms with Crippen LogP contribution in [0.4, 0.5) is 5.82 Å². The molecule has 0 radical (unpaired) electrons. The van der Waals surface area contributed by atoms with Gasteiger partial charge in [-0.05, 0) is 86.9 Å². The zero-order valence-electron chi connectivity index (χ0n) is 20.1. The molecular formula is C28H31ClN6. The quantitative estimate of drug-likeness (QED) is 0.442. The molecule has 180 valence electrons. The minimum Gasteiger partial charge on any atom is -0.354 e. The van der Waals surface area contributed by atoms with Crippen molar-refractivity contribution < 1.29 is 0 Å². The zero-order valence-corrected chi connectivity index (χ0v) is 20.9. The molecule has 6 rings (SSSR count). The van der Waals surface area contributed by atoms with Crippen molar-refractivity contribution in [1.82, 2.24) is 24.8 Å². The van der Waals surface area contributed by atoms with Gasteiger partial charge in [0.05, 0.1) is 17.4 Å². The van der Waals surface area contributed by atoms with Crippen molar-refractivity contribution in [2.75, 3.05) is 51.2 Å². The second kappa shape index (κ2) is 9.61. The van der Waals surface area contributed by atoms with Gasteiger partial charge in [-0.3, -0.25) is 4.98 Å². The molecule has 3 aromatic heterocycles. The van der Waals surface area contributed by atoms with E-state index >= 15 is 0 Å². The van der Waals surface area contributed by atoms with E-state index in [0.29, 0.717) is 5.92 Å². The number of benzene rings is 1. The maximum atomic E-state index is 6.27. The Morgan fingerprint density at radius 3 is 2.49 bits per heavy atom. The van der Waals surface area contributed by atoms with Gasteiger partial charge in [0, 0.05) is 60.2 Å². The number of hydrogen-bond acceptors (Lipinski definition) is 5. The van der Waals surface area contributed by atoms with Crippen molar-refractivity contribution >= 4 is 28.3 Å². The largest absolute Gasteiger partial charge is 0.354 e. The molecule has 0 saturated carbocycles. The van der Waals surface area contributed by atoms with E-state index in [9.17, 15) is 0 Å². The van der Waals surface area contributed by atoms with Gasteiger partial charge in [-0.25, -0.2) is 4.98 Å². The first kappa shape index (κ1) is 22.5. The number of pyridine rings is 2. The molecule has 5 heterocycles. The maximum absolute atomic E-state index is 6.27. The van der Waals surface area contributed by atoms with Gasteiger partial charge in [-0.15, -0.1) is 0 Å². The van der Waals surface area contributed by atoms with Gasteiger partial charge in [0.2, 0.25) is 0 Å². The summed E-state index contributed by atoms with van der Waals surface area (Å²) in [5.74, 6) is 1.54. The van der Waals surface area contributed by atoms with Crippen molar-refractivity contribution in [1.29, 1.82) is 0 Å². The molecule has 0 aliphatic carbocycles. The summed E-state index contributed by atoms with van der Waals surface area (Å²) in [4.78, 5) is 14.1. The average molecular weight is 487 g/mol. The molecule has 2 saturated heterocycles. The number of aromatic nitrogens is 3. The van der Waals surface area contributed by atoms with Gasteiger partial charge in [0.25, 0.3) is 0 Å². The Labute approximate surface area is 211 Å². The van der Waals surface area contributed by atoms with E-state index in [4.69, 9.17) is 16.6 Å². The fourth-order valence-electron chi connectivity index (χ4n) is 5.60. The highest BCUT2D eigenvalue weighted by atomic mass is 35.5. The van der Waals surface area contributed by atoms with Crippen molar-refractivity contribution in [3.05, 3.63) is 71.6 Å². The van der Waals surface area contributed by atoms with Gasteiger partial charge in [0.1, 0.15) is 5.82 Å². The van der Waals surface area contributed by atoms with Gasteiger partial charge in [0.15, 0.2) is 0 Å². The number of rotatable bonds is 4. The van der Waals surface area contributed by atoms with Crippen LogP contribution in [0.1, 0.15) is 24.3 Å². The molecule has 6 nitrogen and oxygen atoms in total. The number of anilines is 1. The van der Waals surface area contributed by atoms with Crippen LogP contribution in [0.2, 0.25) is 5.02 Å². The third-order valence-electron chi connectivity index (χ3n) is 7.49. The van der Waals surface area contributed by atoms with Crippen molar-refractivity contribution in [2.45, 2.75) is 18.8 Å². The molecule has 2 aliphatic heterocycles. The minimum atomic E-state index is 0.491. The first-order chi connectivity index (χ1) is 17.2. The minimum absolute atomic E-state index is 0.491. The summed E-state index contributed by atoms with van der Waals surface area (Å²) >= 11 is 6.27. The number of fused-ring (bicyclic) bond motifs is 1. The number of nitrogens with zero attached hydrogens (tertiary/aromatic N) is 5. The van der Waals surface area contributed by atoms with Crippen LogP contribution >= 0.6 is 11.6 Å². The smallest absolute Gasteiger partial charge is 0.129 e. The molecule has 2 fully saturated rings. The molecule has 7 heteroatoms. The van der Waals surface area contributed by atoms with Gasteiger partial charge >= 0.3 is 0 Å². The van der Waals surface area contributed by atoms with Crippen LogP contribution in [-0.4, -0.2) is 65.8 Å². The summed E-state index contributed by atoms with van der Waals surface area (Å²) in [6.07, 6.45) is 8.15. The first-order valence-electron chi connectivity index (χ1n) is 12.5. The zero-order chi connectivity index (χ0) is 23.8. The molecule has 35 heavy (non-hydrogen) atoms. The molecular weight excluding hydrogens is 456 g/mol. The Hall–Kier alpha value is -2.93. The summed E-state index contributed by atoms with van der Waals surface area (Å²) in [5.41, 5.74) is 6.11.